The molecular weight excluding hydrogens is 128 g/mol. The fraction of sp³-hybridized carbons (Fsp3) is 0.857. The Labute approximate surface area is 61.2 Å². The Balaban J connectivity index is 2.19. The van der Waals surface area contributed by atoms with Crippen molar-refractivity contribution < 1.29 is 10.1 Å². The van der Waals surface area contributed by atoms with E-state index in [9.17, 15) is 4.79 Å². The number of nitrogens with two attached hydrogens (primary N) is 1. The number of hydrogen-bond donors (Lipinski definition) is 2. The summed E-state index contributed by atoms with van der Waals surface area (Å²) in [7, 11) is 0. The Morgan fingerprint density at radius 1 is 1.70 bits per heavy atom. The van der Waals surface area contributed by atoms with E-state index in [4.69, 9.17) is 0 Å². The number of nitrogens with one attached hydrogen (secondary N) is 1. The molecule has 0 aromatic carbocycles. The number of piperidine rings is 1. The van der Waals surface area contributed by atoms with Crippen molar-refractivity contribution >= 4 is 5.91 Å². The molecule has 0 radical (unpaired) electrons. The average Bonchev–Trinajstić information content (AvgIpc) is 1.88. The summed E-state index contributed by atoms with van der Waals surface area (Å²) in [5, 5.41) is 5.17. The van der Waals surface area contributed by atoms with Gasteiger partial charge in [-0.05, 0) is 12.8 Å². The van der Waals surface area contributed by atoms with Crippen molar-refractivity contribution in [1.82, 2.24) is 5.32 Å². The van der Waals surface area contributed by atoms with Crippen molar-refractivity contribution in [3.63, 3.8) is 0 Å². The number of carbonyl (C=O) groups excluding carboxylic acids is 1. The number of amides is 1. The van der Waals surface area contributed by atoms with E-state index in [1.807, 2.05) is 0 Å². The van der Waals surface area contributed by atoms with E-state index in [0.29, 0.717) is 6.04 Å². The molecule has 1 aliphatic rings. The Kier molecular flexibility index (Phi) is 2.68. The van der Waals surface area contributed by atoms with Crippen LogP contribution in [0.4, 0.5) is 0 Å². The second kappa shape index (κ2) is 3.56. The van der Waals surface area contributed by atoms with E-state index in [0.717, 1.165) is 13.0 Å². The van der Waals surface area contributed by atoms with Crippen LogP contribution < -0.4 is 10.6 Å². The van der Waals surface area contributed by atoms with Gasteiger partial charge in [0.1, 0.15) is 0 Å². The summed E-state index contributed by atoms with van der Waals surface area (Å²) < 4.78 is 0. The SMILES string of the molecule is CC(=O)N[C@H]1CCC[NH2+]C1. The quantitative estimate of drug-likeness (QED) is 0.478. The van der Waals surface area contributed by atoms with Crippen LogP contribution in [0, 0.1) is 0 Å². The minimum atomic E-state index is 0.0975. The highest BCUT2D eigenvalue weighted by Gasteiger charge is 2.15. The van der Waals surface area contributed by atoms with E-state index in [-0.39, 0.29) is 5.91 Å². The Morgan fingerprint density at radius 2 is 2.50 bits per heavy atom. The van der Waals surface area contributed by atoms with Gasteiger partial charge >= 0.3 is 0 Å². The summed E-state index contributed by atoms with van der Waals surface area (Å²) in [6, 6.07) is 0.422. The first-order valence-electron chi connectivity index (χ1n) is 3.88. The van der Waals surface area contributed by atoms with Gasteiger partial charge in [-0.3, -0.25) is 4.79 Å². The van der Waals surface area contributed by atoms with Gasteiger partial charge < -0.3 is 10.6 Å². The summed E-state index contributed by atoms with van der Waals surface area (Å²) >= 11 is 0. The fourth-order valence-corrected chi connectivity index (χ4v) is 1.36. The molecule has 0 aliphatic carbocycles. The van der Waals surface area contributed by atoms with Crippen molar-refractivity contribution in [2.24, 2.45) is 0 Å². The van der Waals surface area contributed by atoms with E-state index < -0.39 is 0 Å². The van der Waals surface area contributed by atoms with Crippen LogP contribution in [0.3, 0.4) is 0 Å². The third kappa shape index (κ3) is 2.35. The third-order valence-corrected chi connectivity index (χ3v) is 1.82. The Morgan fingerprint density at radius 3 is 3.00 bits per heavy atom. The summed E-state index contributed by atoms with van der Waals surface area (Å²) in [5.41, 5.74) is 0. The molecule has 1 saturated heterocycles. The minimum absolute atomic E-state index is 0.0975. The zero-order chi connectivity index (χ0) is 7.40. The van der Waals surface area contributed by atoms with Crippen LogP contribution in [0.15, 0.2) is 0 Å². The molecular formula is C7H15N2O+. The van der Waals surface area contributed by atoms with Gasteiger partial charge in [0.05, 0.1) is 19.1 Å². The molecule has 3 N–H and O–H groups in total. The van der Waals surface area contributed by atoms with Gasteiger partial charge in [-0.1, -0.05) is 0 Å². The van der Waals surface area contributed by atoms with Crippen LogP contribution >= 0.6 is 0 Å². The maximum absolute atomic E-state index is 10.6. The van der Waals surface area contributed by atoms with Gasteiger partial charge in [0.15, 0.2) is 0 Å². The molecule has 0 spiro atoms. The number of quaternary nitrogens is 1. The predicted molar refractivity (Wildman–Crippen MR) is 38.5 cm³/mol. The van der Waals surface area contributed by atoms with Gasteiger partial charge in [-0.25, -0.2) is 0 Å². The van der Waals surface area contributed by atoms with Gasteiger partial charge in [0.2, 0.25) is 5.91 Å². The molecule has 1 atom stereocenters. The standard InChI is InChI=1S/C7H14N2O/c1-6(10)9-7-3-2-4-8-5-7/h7-8H,2-5H2,1H3,(H,9,10)/p+1/t7-/m0/s1. The lowest BCUT2D eigenvalue weighted by Gasteiger charge is -2.20. The first kappa shape index (κ1) is 7.54. The van der Waals surface area contributed by atoms with Gasteiger partial charge in [-0.2, -0.15) is 0 Å². The molecule has 1 heterocycles. The molecule has 3 heteroatoms. The van der Waals surface area contributed by atoms with Gasteiger partial charge in [-0.15, -0.1) is 0 Å². The molecule has 1 rings (SSSR count). The molecule has 0 saturated carbocycles. The lowest BCUT2D eigenvalue weighted by atomic mass is 10.1. The van der Waals surface area contributed by atoms with Gasteiger partial charge in [0, 0.05) is 6.92 Å². The largest absolute Gasteiger partial charge is 0.348 e. The molecule has 3 nitrogen and oxygen atoms in total. The highest BCUT2D eigenvalue weighted by atomic mass is 16.1. The molecule has 0 bridgehead atoms. The zero-order valence-electron chi connectivity index (χ0n) is 6.39. The normalized spacial score (nSPS) is 25.9. The zero-order valence-corrected chi connectivity index (χ0v) is 6.39. The second-order valence-corrected chi connectivity index (χ2v) is 2.85. The lowest BCUT2D eigenvalue weighted by molar-refractivity contribution is -0.664. The average molecular weight is 143 g/mol. The fourth-order valence-electron chi connectivity index (χ4n) is 1.36. The van der Waals surface area contributed by atoms with E-state index in [1.165, 1.54) is 13.0 Å². The molecule has 0 aromatic heterocycles. The summed E-state index contributed by atoms with van der Waals surface area (Å²) in [6.45, 7) is 3.85. The maximum atomic E-state index is 10.6. The first-order valence-corrected chi connectivity index (χ1v) is 3.88. The molecule has 10 heavy (non-hydrogen) atoms. The molecule has 1 fully saturated rings. The van der Waals surface area contributed by atoms with E-state index in [1.54, 1.807) is 6.92 Å². The predicted octanol–water partition coefficient (Wildman–Crippen LogP) is -1.15. The van der Waals surface area contributed by atoms with Crippen LogP contribution in [-0.2, 0) is 4.79 Å². The topological polar surface area (TPSA) is 45.7 Å². The molecule has 0 unspecified atom stereocenters. The molecule has 1 amide bonds. The molecule has 1 aliphatic heterocycles. The summed E-state index contributed by atoms with van der Waals surface area (Å²) in [5.74, 6) is 0.0975. The monoisotopic (exact) mass is 143 g/mol. The first-order chi connectivity index (χ1) is 4.79. The number of hydrogen-bond acceptors (Lipinski definition) is 1. The van der Waals surface area contributed by atoms with E-state index in [2.05, 4.69) is 10.6 Å². The van der Waals surface area contributed by atoms with Crippen LogP contribution in [-0.4, -0.2) is 25.0 Å². The number of rotatable bonds is 1. The summed E-state index contributed by atoms with van der Waals surface area (Å²) in [4.78, 5) is 10.6. The van der Waals surface area contributed by atoms with Crippen LogP contribution in [0.1, 0.15) is 19.8 Å². The highest BCUT2D eigenvalue weighted by molar-refractivity contribution is 5.73. The van der Waals surface area contributed by atoms with Crippen LogP contribution in [0.2, 0.25) is 0 Å². The third-order valence-electron chi connectivity index (χ3n) is 1.82. The van der Waals surface area contributed by atoms with Crippen molar-refractivity contribution in [1.29, 1.82) is 0 Å². The molecule has 0 aromatic rings. The van der Waals surface area contributed by atoms with Crippen molar-refractivity contribution in [3.8, 4) is 0 Å². The Bertz CT molecular complexity index is 119. The van der Waals surface area contributed by atoms with Crippen LogP contribution in [0.5, 0.6) is 0 Å². The lowest BCUT2D eigenvalue weighted by Crippen LogP contribution is -2.89. The second-order valence-electron chi connectivity index (χ2n) is 2.85. The van der Waals surface area contributed by atoms with Crippen molar-refractivity contribution in [3.05, 3.63) is 0 Å². The van der Waals surface area contributed by atoms with Crippen molar-refractivity contribution in [2.75, 3.05) is 13.1 Å². The van der Waals surface area contributed by atoms with E-state index >= 15 is 0 Å². The maximum Gasteiger partial charge on any atom is 0.217 e. The van der Waals surface area contributed by atoms with Gasteiger partial charge in [0.25, 0.3) is 0 Å². The summed E-state index contributed by atoms with van der Waals surface area (Å²) in [6.07, 6.45) is 2.38. The van der Waals surface area contributed by atoms with Crippen LogP contribution in [0.25, 0.3) is 0 Å². The smallest absolute Gasteiger partial charge is 0.217 e. The number of carbonyl (C=O) groups is 1. The minimum Gasteiger partial charge on any atom is -0.348 e. The van der Waals surface area contributed by atoms with Crippen molar-refractivity contribution in [2.45, 2.75) is 25.8 Å². The molecule has 58 valence electrons. The highest BCUT2D eigenvalue weighted by Crippen LogP contribution is 1.95. The Hall–Kier alpha value is -0.570.